The van der Waals surface area contributed by atoms with Crippen molar-refractivity contribution in [3.05, 3.63) is 85.3 Å². The van der Waals surface area contributed by atoms with Crippen molar-refractivity contribution in [1.82, 2.24) is 0 Å². The van der Waals surface area contributed by atoms with E-state index in [1.165, 1.54) is 36.8 Å². The summed E-state index contributed by atoms with van der Waals surface area (Å²) >= 11 is 14.0. The van der Waals surface area contributed by atoms with Gasteiger partial charge in [-0.25, -0.2) is 13.2 Å². The smallest absolute Gasteiger partial charge is 0.350 e. The van der Waals surface area contributed by atoms with E-state index in [4.69, 9.17) is 27.9 Å². The van der Waals surface area contributed by atoms with E-state index >= 15 is 0 Å². The van der Waals surface area contributed by atoms with Gasteiger partial charge >= 0.3 is 5.97 Å². The molecule has 2 aromatic carbocycles. The molecule has 4 rings (SSSR count). The molecule has 0 atom stereocenters. The molecule has 11 heteroatoms. The molecule has 0 saturated heterocycles. The number of carbonyl (C=O) groups excluding carboxylic acids is 2. The Balaban J connectivity index is 1.66. The third-order valence-electron chi connectivity index (χ3n) is 5.09. The molecule has 1 amide bonds. The standard InChI is InChI=1S/C24H17Cl2NO5S3/c1-13-20(35(30,31)17-9-7-16(26)8-10-17)12-33-21(13)23(28)27-18-11-19(34-22(18)24(29)32-2)14-3-5-15(25)6-4-14/h3-12H,1-2H3,(H,27,28). The van der Waals surface area contributed by atoms with Gasteiger partial charge in [-0.3, -0.25) is 4.79 Å². The number of ether oxygens (including phenoxy) is 1. The minimum absolute atomic E-state index is 0.0373. The number of hydrogen-bond donors (Lipinski definition) is 1. The summed E-state index contributed by atoms with van der Waals surface area (Å²) in [5.41, 5.74) is 1.40. The molecule has 4 aromatic rings. The van der Waals surface area contributed by atoms with Gasteiger partial charge in [0.15, 0.2) is 0 Å². The van der Waals surface area contributed by atoms with E-state index in [-0.39, 0.29) is 25.2 Å². The number of methoxy groups -OCH3 is 1. The zero-order chi connectivity index (χ0) is 25.3. The predicted octanol–water partition coefficient (Wildman–Crippen LogP) is 6.96. The first-order valence-electron chi connectivity index (χ1n) is 10.00. The van der Waals surface area contributed by atoms with Gasteiger partial charge in [0.1, 0.15) is 4.88 Å². The second kappa shape index (κ2) is 10.1. The van der Waals surface area contributed by atoms with Crippen molar-refractivity contribution in [2.24, 2.45) is 0 Å². The largest absolute Gasteiger partial charge is 0.465 e. The van der Waals surface area contributed by atoms with Crippen molar-refractivity contribution >= 4 is 73.3 Å². The number of hydrogen-bond acceptors (Lipinski definition) is 7. The fourth-order valence-corrected chi connectivity index (χ4v) is 7.40. The van der Waals surface area contributed by atoms with Gasteiger partial charge in [-0.1, -0.05) is 35.3 Å². The van der Waals surface area contributed by atoms with Crippen molar-refractivity contribution in [3.8, 4) is 10.4 Å². The van der Waals surface area contributed by atoms with E-state index < -0.39 is 21.7 Å². The zero-order valence-electron chi connectivity index (χ0n) is 18.3. The van der Waals surface area contributed by atoms with Crippen LogP contribution in [0, 0.1) is 6.92 Å². The molecule has 0 bridgehead atoms. The van der Waals surface area contributed by atoms with E-state index in [9.17, 15) is 18.0 Å². The Hall–Kier alpha value is -2.69. The Morgan fingerprint density at radius 3 is 2.14 bits per heavy atom. The normalized spacial score (nSPS) is 11.3. The van der Waals surface area contributed by atoms with Crippen LogP contribution in [0.4, 0.5) is 5.69 Å². The number of carbonyl (C=O) groups is 2. The topological polar surface area (TPSA) is 89.5 Å². The van der Waals surface area contributed by atoms with Gasteiger partial charge in [-0.05, 0) is 60.5 Å². The first-order valence-corrected chi connectivity index (χ1v) is 13.9. The number of nitrogens with one attached hydrogen (secondary N) is 1. The third kappa shape index (κ3) is 5.14. The number of thiophene rings is 2. The maximum Gasteiger partial charge on any atom is 0.350 e. The number of rotatable bonds is 6. The van der Waals surface area contributed by atoms with Crippen LogP contribution in [-0.4, -0.2) is 27.4 Å². The van der Waals surface area contributed by atoms with Crippen molar-refractivity contribution in [1.29, 1.82) is 0 Å². The van der Waals surface area contributed by atoms with E-state index in [1.807, 2.05) is 0 Å². The molecule has 0 aliphatic rings. The summed E-state index contributed by atoms with van der Waals surface area (Å²) in [5.74, 6) is -1.13. The second-order valence-electron chi connectivity index (χ2n) is 7.32. The number of amides is 1. The molecule has 0 aliphatic heterocycles. The Bertz CT molecular complexity index is 1520. The van der Waals surface area contributed by atoms with E-state index in [1.54, 1.807) is 37.3 Å². The molecule has 180 valence electrons. The van der Waals surface area contributed by atoms with Crippen LogP contribution in [0.2, 0.25) is 10.0 Å². The van der Waals surface area contributed by atoms with Crippen LogP contribution < -0.4 is 5.32 Å². The molecular formula is C24H17Cl2NO5S3. The molecule has 1 N–H and O–H groups in total. The second-order valence-corrected chi connectivity index (χ2v) is 12.0. The fraction of sp³-hybridized carbons (Fsp3) is 0.0833. The fourth-order valence-electron chi connectivity index (χ4n) is 3.29. The lowest BCUT2D eigenvalue weighted by Crippen LogP contribution is -2.14. The maximum atomic E-state index is 13.1. The number of esters is 1. The monoisotopic (exact) mass is 565 g/mol. The molecule has 0 unspecified atom stereocenters. The summed E-state index contributed by atoms with van der Waals surface area (Å²) in [6.07, 6.45) is 0. The molecule has 2 heterocycles. The van der Waals surface area contributed by atoms with Gasteiger partial charge in [0.25, 0.3) is 5.91 Å². The Morgan fingerprint density at radius 1 is 0.943 bits per heavy atom. The summed E-state index contributed by atoms with van der Waals surface area (Å²) in [7, 11) is -2.59. The highest BCUT2D eigenvalue weighted by atomic mass is 35.5. The molecule has 2 aromatic heterocycles. The number of benzene rings is 2. The summed E-state index contributed by atoms with van der Waals surface area (Å²) < 4.78 is 31.1. The lowest BCUT2D eigenvalue weighted by atomic mass is 10.2. The predicted molar refractivity (Wildman–Crippen MR) is 140 cm³/mol. The van der Waals surface area contributed by atoms with Gasteiger partial charge in [-0.2, -0.15) is 0 Å². The van der Waals surface area contributed by atoms with Crippen molar-refractivity contribution in [2.75, 3.05) is 12.4 Å². The molecular weight excluding hydrogens is 549 g/mol. The van der Waals surface area contributed by atoms with Gasteiger partial charge in [0.2, 0.25) is 9.84 Å². The highest BCUT2D eigenvalue weighted by Gasteiger charge is 2.27. The molecule has 0 saturated carbocycles. The van der Waals surface area contributed by atoms with Crippen LogP contribution in [-0.2, 0) is 14.6 Å². The Morgan fingerprint density at radius 2 is 1.54 bits per heavy atom. The number of sulfone groups is 1. The summed E-state index contributed by atoms with van der Waals surface area (Å²) in [4.78, 5) is 26.8. The average molecular weight is 567 g/mol. The minimum atomic E-state index is -3.84. The average Bonchev–Trinajstić information content (AvgIpc) is 3.43. The first kappa shape index (κ1) is 25.4. The van der Waals surface area contributed by atoms with Crippen LogP contribution in [0.1, 0.15) is 24.9 Å². The van der Waals surface area contributed by atoms with Crippen molar-refractivity contribution in [2.45, 2.75) is 16.7 Å². The molecule has 35 heavy (non-hydrogen) atoms. The third-order valence-corrected chi connectivity index (χ3v) is 9.89. The zero-order valence-corrected chi connectivity index (χ0v) is 22.3. The van der Waals surface area contributed by atoms with Crippen LogP contribution in [0.3, 0.4) is 0 Å². The van der Waals surface area contributed by atoms with E-state index in [0.29, 0.717) is 15.6 Å². The minimum Gasteiger partial charge on any atom is -0.465 e. The highest BCUT2D eigenvalue weighted by molar-refractivity contribution is 7.91. The lowest BCUT2D eigenvalue weighted by Gasteiger charge is -2.07. The molecule has 6 nitrogen and oxygen atoms in total. The molecule has 0 radical (unpaired) electrons. The van der Waals surface area contributed by atoms with Gasteiger partial charge in [0.05, 0.1) is 27.5 Å². The van der Waals surface area contributed by atoms with Crippen molar-refractivity contribution in [3.63, 3.8) is 0 Å². The quantitative estimate of drug-likeness (QED) is 0.255. The van der Waals surface area contributed by atoms with Crippen molar-refractivity contribution < 1.29 is 22.7 Å². The lowest BCUT2D eigenvalue weighted by molar-refractivity contribution is 0.0607. The number of anilines is 1. The Kier molecular flexibility index (Phi) is 7.35. The Labute approximate surface area is 220 Å². The van der Waals surface area contributed by atoms with E-state index in [2.05, 4.69) is 5.32 Å². The van der Waals surface area contributed by atoms with Crippen LogP contribution in [0.5, 0.6) is 0 Å². The van der Waals surface area contributed by atoms with Gasteiger partial charge in [-0.15, -0.1) is 22.7 Å². The summed E-state index contributed by atoms with van der Waals surface area (Å²) in [6.45, 7) is 1.57. The van der Waals surface area contributed by atoms with E-state index in [0.717, 1.165) is 33.1 Å². The van der Waals surface area contributed by atoms with Crippen LogP contribution >= 0.6 is 45.9 Å². The molecule has 0 aliphatic carbocycles. The SMILES string of the molecule is COC(=O)c1sc(-c2ccc(Cl)cc2)cc1NC(=O)c1scc(S(=O)(=O)c2ccc(Cl)cc2)c1C. The van der Waals surface area contributed by atoms with Gasteiger partial charge in [0, 0.05) is 20.3 Å². The first-order chi connectivity index (χ1) is 16.6. The summed E-state index contributed by atoms with van der Waals surface area (Å²) in [6, 6.07) is 14.6. The number of halogens is 2. The van der Waals surface area contributed by atoms with Crippen LogP contribution in [0.25, 0.3) is 10.4 Å². The van der Waals surface area contributed by atoms with Crippen LogP contribution in [0.15, 0.2) is 69.8 Å². The molecule has 0 spiro atoms. The summed E-state index contributed by atoms with van der Waals surface area (Å²) in [5, 5.41) is 5.16. The van der Waals surface area contributed by atoms with Gasteiger partial charge < -0.3 is 10.1 Å². The maximum absolute atomic E-state index is 13.1. The highest BCUT2D eigenvalue weighted by Crippen LogP contribution is 2.37. The molecule has 0 fully saturated rings.